The van der Waals surface area contributed by atoms with Crippen LogP contribution in [0.2, 0.25) is 0 Å². The van der Waals surface area contributed by atoms with E-state index in [4.69, 9.17) is 4.74 Å². The molecule has 192 valence electrons. The summed E-state index contributed by atoms with van der Waals surface area (Å²) in [5.41, 5.74) is 2.35. The Morgan fingerprint density at radius 2 is 1.87 bits per heavy atom. The van der Waals surface area contributed by atoms with Gasteiger partial charge in [0.25, 0.3) is 5.91 Å². The molecule has 0 aliphatic carbocycles. The minimum absolute atomic E-state index is 0.0477. The smallest absolute Gasteiger partial charge is 0.411 e. The van der Waals surface area contributed by atoms with Gasteiger partial charge in [-0.05, 0) is 59.0 Å². The molecule has 0 saturated carbocycles. The lowest BCUT2D eigenvalue weighted by molar-refractivity contribution is -0.126. The number of cyclic esters (lactones) is 1. The molecule has 38 heavy (non-hydrogen) atoms. The standard InChI is InChI=1S/C28H23FN4O4S/c29-20-11-9-18(10-12-20)17-33-24(27(35)31-16-22-6-1-2-13-30-22)25(37-28(33)36)19-5-3-7-21(15-19)32-26(34)23-8-4-14-38-23/h1-15,24-25H,16-17H2,(H,31,35)(H,32,34)/t24-,25+/m1/s1. The zero-order valence-electron chi connectivity index (χ0n) is 20.0. The average Bonchev–Trinajstić information content (AvgIpc) is 3.58. The minimum Gasteiger partial charge on any atom is -0.438 e. The molecule has 1 fully saturated rings. The summed E-state index contributed by atoms with van der Waals surface area (Å²) in [6, 6.07) is 20.4. The second kappa shape index (κ2) is 11.2. The second-order valence-corrected chi connectivity index (χ2v) is 9.55. The lowest BCUT2D eigenvalue weighted by atomic mass is 10.00. The number of amides is 3. The molecule has 1 aliphatic rings. The van der Waals surface area contributed by atoms with Crippen molar-refractivity contribution in [2.45, 2.75) is 25.2 Å². The fourth-order valence-electron chi connectivity index (χ4n) is 4.18. The number of rotatable bonds is 8. The summed E-state index contributed by atoms with van der Waals surface area (Å²) in [7, 11) is 0. The van der Waals surface area contributed by atoms with E-state index in [0.29, 0.717) is 27.4 Å². The molecule has 3 heterocycles. The Hall–Kier alpha value is -4.57. The van der Waals surface area contributed by atoms with Crippen molar-refractivity contribution in [3.8, 4) is 0 Å². The third-order valence-corrected chi connectivity index (χ3v) is 6.88. The van der Waals surface area contributed by atoms with E-state index in [2.05, 4.69) is 15.6 Å². The van der Waals surface area contributed by atoms with Crippen LogP contribution >= 0.6 is 11.3 Å². The molecule has 1 aliphatic heterocycles. The number of carbonyl (C=O) groups is 3. The number of halogens is 1. The molecule has 2 atom stereocenters. The summed E-state index contributed by atoms with van der Waals surface area (Å²) in [5.74, 6) is -1.09. The molecule has 8 nitrogen and oxygen atoms in total. The van der Waals surface area contributed by atoms with Crippen LogP contribution in [-0.4, -0.2) is 33.8 Å². The number of hydrogen-bond acceptors (Lipinski definition) is 6. The molecule has 4 aromatic rings. The topological polar surface area (TPSA) is 101 Å². The monoisotopic (exact) mass is 530 g/mol. The van der Waals surface area contributed by atoms with Gasteiger partial charge in [-0.25, -0.2) is 9.18 Å². The van der Waals surface area contributed by atoms with E-state index in [1.54, 1.807) is 66.9 Å². The van der Waals surface area contributed by atoms with Gasteiger partial charge < -0.3 is 15.4 Å². The molecule has 0 radical (unpaired) electrons. The number of nitrogens with one attached hydrogen (secondary N) is 2. The van der Waals surface area contributed by atoms with E-state index >= 15 is 0 Å². The molecule has 0 unspecified atom stereocenters. The van der Waals surface area contributed by atoms with Crippen LogP contribution in [0.5, 0.6) is 0 Å². The number of thiophene rings is 1. The molecular formula is C28H23FN4O4S. The van der Waals surface area contributed by atoms with Crippen LogP contribution in [0.15, 0.2) is 90.4 Å². The van der Waals surface area contributed by atoms with Gasteiger partial charge in [-0.1, -0.05) is 36.4 Å². The van der Waals surface area contributed by atoms with Crippen LogP contribution in [0.4, 0.5) is 14.9 Å². The van der Waals surface area contributed by atoms with E-state index < -0.39 is 30.0 Å². The van der Waals surface area contributed by atoms with Crippen molar-refractivity contribution < 1.29 is 23.5 Å². The first-order chi connectivity index (χ1) is 18.5. The van der Waals surface area contributed by atoms with Gasteiger partial charge in [0.05, 0.1) is 23.7 Å². The number of pyridine rings is 1. The highest BCUT2D eigenvalue weighted by Gasteiger charge is 2.47. The number of aromatic nitrogens is 1. The number of benzene rings is 2. The predicted octanol–water partition coefficient (Wildman–Crippen LogP) is 4.91. The van der Waals surface area contributed by atoms with Crippen molar-refractivity contribution in [2.75, 3.05) is 5.32 Å². The molecule has 3 amide bonds. The summed E-state index contributed by atoms with van der Waals surface area (Å²) in [4.78, 5) is 45.1. The lowest BCUT2D eigenvalue weighted by Gasteiger charge is -2.24. The maximum absolute atomic E-state index is 13.5. The fourth-order valence-corrected chi connectivity index (χ4v) is 4.79. The average molecular weight is 531 g/mol. The van der Waals surface area contributed by atoms with E-state index in [1.165, 1.54) is 28.4 Å². The predicted molar refractivity (Wildman–Crippen MR) is 140 cm³/mol. The molecule has 5 rings (SSSR count). The quantitative estimate of drug-likeness (QED) is 0.337. The van der Waals surface area contributed by atoms with Crippen molar-refractivity contribution in [1.82, 2.24) is 15.2 Å². The summed E-state index contributed by atoms with van der Waals surface area (Å²) in [5, 5.41) is 7.50. The van der Waals surface area contributed by atoms with Crippen molar-refractivity contribution >= 4 is 34.9 Å². The zero-order valence-corrected chi connectivity index (χ0v) is 20.9. The molecule has 0 spiro atoms. The van der Waals surface area contributed by atoms with Crippen LogP contribution in [0.3, 0.4) is 0 Å². The maximum Gasteiger partial charge on any atom is 0.411 e. The first-order valence-electron chi connectivity index (χ1n) is 11.8. The van der Waals surface area contributed by atoms with Gasteiger partial charge in [-0.2, -0.15) is 0 Å². The normalized spacial score (nSPS) is 16.7. The molecule has 2 N–H and O–H groups in total. The van der Waals surface area contributed by atoms with Gasteiger partial charge in [-0.15, -0.1) is 11.3 Å². The van der Waals surface area contributed by atoms with Gasteiger partial charge in [-0.3, -0.25) is 19.5 Å². The van der Waals surface area contributed by atoms with Crippen LogP contribution in [0.25, 0.3) is 0 Å². The van der Waals surface area contributed by atoms with Gasteiger partial charge in [0, 0.05) is 11.9 Å². The molecule has 1 saturated heterocycles. The molecule has 2 aromatic carbocycles. The van der Waals surface area contributed by atoms with Gasteiger partial charge in [0.2, 0.25) is 5.91 Å². The summed E-state index contributed by atoms with van der Waals surface area (Å²) in [6.45, 7) is 0.213. The summed E-state index contributed by atoms with van der Waals surface area (Å²) < 4.78 is 19.1. The Balaban J connectivity index is 1.41. The SMILES string of the molecule is O=C(Nc1cccc([C@@H]2OC(=O)N(Cc3ccc(F)cc3)[C@H]2C(=O)NCc2ccccn2)c1)c1cccs1. The Labute approximate surface area is 222 Å². The molecule has 0 bridgehead atoms. The highest BCUT2D eigenvalue weighted by atomic mass is 32.1. The van der Waals surface area contributed by atoms with Crippen LogP contribution in [0, 0.1) is 5.82 Å². The number of carbonyl (C=O) groups excluding carboxylic acids is 3. The van der Waals surface area contributed by atoms with Crippen LogP contribution < -0.4 is 10.6 Å². The second-order valence-electron chi connectivity index (χ2n) is 8.60. The zero-order chi connectivity index (χ0) is 26.5. The van der Waals surface area contributed by atoms with Crippen LogP contribution in [-0.2, 0) is 22.6 Å². The van der Waals surface area contributed by atoms with E-state index in [9.17, 15) is 18.8 Å². The van der Waals surface area contributed by atoms with Crippen molar-refractivity contribution in [3.63, 3.8) is 0 Å². The largest absolute Gasteiger partial charge is 0.438 e. The first-order valence-corrected chi connectivity index (χ1v) is 12.7. The summed E-state index contributed by atoms with van der Waals surface area (Å²) in [6.07, 6.45) is 0.0131. The highest BCUT2D eigenvalue weighted by molar-refractivity contribution is 7.12. The lowest BCUT2D eigenvalue weighted by Crippen LogP contribution is -2.46. The Bertz CT molecular complexity index is 1430. The van der Waals surface area contributed by atoms with Crippen molar-refractivity contribution in [3.05, 3.63) is 118 Å². The van der Waals surface area contributed by atoms with Crippen molar-refractivity contribution in [1.29, 1.82) is 0 Å². The third kappa shape index (κ3) is 5.70. The number of nitrogens with zero attached hydrogens (tertiary/aromatic N) is 2. The fraction of sp³-hybridized carbons (Fsp3) is 0.143. The minimum atomic E-state index is -1.01. The first kappa shape index (κ1) is 25.1. The Morgan fingerprint density at radius 3 is 2.61 bits per heavy atom. The third-order valence-electron chi connectivity index (χ3n) is 6.01. The maximum atomic E-state index is 13.5. The van der Waals surface area contributed by atoms with Gasteiger partial charge in [0.1, 0.15) is 5.82 Å². The van der Waals surface area contributed by atoms with E-state index in [-0.39, 0.29) is 19.0 Å². The van der Waals surface area contributed by atoms with E-state index in [0.717, 1.165) is 0 Å². The Morgan fingerprint density at radius 1 is 1.03 bits per heavy atom. The molecule has 2 aromatic heterocycles. The molecule has 10 heteroatoms. The Kier molecular flexibility index (Phi) is 7.41. The van der Waals surface area contributed by atoms with Gasteiger partial charge >= 0.3 is 6.09 Å². The number of ether oxygens (including phenoxy) is 1. The number of anilines is 1. The van der Waals surface area contributed by atoms with Gasteiger partial charge in [0.15, 0.2) is 12.1 Å². The molecular weight excluding hydrogens is 507 g/mol. The highest BCUT2D eigenvalue weighted by Crippen LogP contribution is 2.35. The van der Waals surface area contributed by atoms with Crippen LogP contribution in [0.1, 0.15) is 32.6 Å². The van der Waals surface area contributed by atoms with Crippen molar-refractivity contribution in [2.24, 2.45) is 0 Å². The summed E-state index contributed by atoms with van der Waals surface area (Å²) >= 11 is 1.32. The number of hydrogen-bond donors (Lipinski definition) is 2. The van der Waals surface area contributed by atoms with E-state index in [1.807, 2.05) is 11.4 Å².